The molecule has 5 rings (SSSR count). The van der Waals surface area contributed by atoms with Gasteiger partial charge in [-0.05, 0) is 85.8 Å². The molecule has 0 radical (unpaired) electrons. The van der Waals surface area contributed by atoms with Crippen LogP contribution < -0.4 is 4.74 Å². The summed E-state index contributed by atoms with van der Waals surface area (Å²) < 4.78 is 11.2. The number of fused-ring (bicyclic) bond motifs is 1. The first-order chi connectivity index (χ1) is 19.9. The smallest absolute Gasteiger partial charge is 0.347 e. The van der Waals surface area contributed by atoms with E-state index in [0.29, 0.717) is 16.7 Å². The number of hydrogen-bond donors (Lipinski definition) is 6. The van der Waals surface area contributed by atoms with E-state index in [1.165, 1.54) is 36.4 Å². The summed E-state index contributed by atoms with van der Waals surface area (Å²) >= 11 is 0. The number of carbonyl (C=O) groups is 1. The lowest BCUT2D eigenvalue weighted by Crippen LogP contribution is -2.11. The van der Waals surface area contributed by atoms with Gasteiger partial charge in [0.2, 0.25) is 0 Å². The van der Waals surface area contributed by atoms with Crippen molar-refractivity contribution in [3.8, 4) is 62.7 Å². The highest BCUT2D eigenvalue weighted by atomic mass is 16.5. The first-order valence-corrected chi connectivity index (χ1v) is 12.9. The number of allylic oxidation sites excluding steroid dienone is 2. The van der Waals surface area contributed by atoms with E-state index in [2.05, 4.69) is 0 Å². The summed E-state index contributed by atoms with van der Waals surface area (Å²) in [6.07, 6.45) is 1.96. The summed E-state index contributed by atoms with van der Waals surface area (Å²) in [5.41, 5.74) is 3.27. The Labute approximate surface area is 240 Å². The molecule has 0 saturated heterocycles. The molecule has 0 unspecified atom stereocenters. The maximum absolute atomic E-state index is 13.5. The SMILES string of the molecule is CC(C)=CCc1c(O)ccc(C(=O)Oc2c(-c3cc(C)cc(-c4ccc(O)c(O)c4)c3)c(O)cc3cc(O)oc23)c1O. The van der Waals surface area contributed by atoms with Crippen LogP contribution in [0.1, 0.15) is 35.3 Å². The molecule has 5 aromatic rings. The van der Waals surface area contributed by atoms with Crippen LogP contribution in [0.4, 0.5) is 0 Å². The molecule has 4 aromatic carbocycles. The molecule has 0 aliphatic heterocycles. The van der Waals surface area contributed by atoms with Crippen LogP contribution in [0.25, 0.3) is 33.2 Å². The second-order valence-corrected chi connectivity index (χ2v) is 10.2. The number of furan rings is 1. The van der Waals surface area contributed by atoms with Crippen molar-refractivity contribution in [3.63, 3.8) is 0 Å². The van der Waals surface area contributed by atoms with E-state index >= 15 is 0 Å². The standard InChI is InChI=1S/C33H28O9/c1-16(2)4-6-22-24(34)9-7-23(30(22)39)33(40)42-32-29(27(37)14-21-15-28(38)41-31(21)32)20-11-17(3)10-19(12-20)18-5-8-25(35)26(36)13-18/h4-5,7-15,34-39H,6H2,1-3H3. The Kier molecular flexibility index (Phi) is 7.18. The van der Waals surface area contributed by atoms with Gasteiger partial charge in [-0.15, -0.1) is 0 Å². The fourth-order valence-electron chi connectivity index (χ4n) is 4.74. The van der Waals surface area contributed by atoms with Crippen LogP contribution in [-0.2, 0) is 6.42 Å². The molecule has 0 aliphatic rings. The third-order valence-electron chi connectivity index (χ3n) is 6.79. The Morgan fingerprint density at radius 1 is 0.786 bits per heavy atom. The number of carbonyl (C=O) groups excluding carboxylic acids is 1. The molecule has 0 bridgehead atoms. The Morgan fingerprint density at radius 2 is 1.50 bits per heavy atom. The highest BCUT2D eigenvalue weighted by molar-refractivity contribution is 6.01. The molecule has 0 amide bonds. The fourth-order valence-corrected chi connectivity index (χ4v) is 4.74. The van der Waals surface area contributed by atoms with Gasteiger partial charge in [0, 0.05) is 17.0 Å². The third-order valence-corrected chi connectivity index (χ3v) is 6.79. The predicted octanol–water partition coefficient (Wildman–Crippen LogP) is 7.04. The maximum atomic E-state index is 13.5. The van der Waals surface area contributed by atoms with Crippen LogP contribution in [0.3, 0.4) is 0 Å². The molecule has 1 aromatic heterocycles. The van der Waals surface area contributed by atoms with Gasteiger partial charge in [-0.25, -0.2) is 4.79 Å². The van der Waals surface area contributed by atoms with E-state index in [9.17, 15) is 35.4 Å². The average molecular weight is 569 g/mol. The Bertz CT molecular complexity index is 1890. The predicted molar refractivity (Wildman–Crippen MR) is 156 cm³/mol. The molecule has 0 aliphatic carbocycles. The summed E-state index contributed by atoms with van der Waals surface area (Å²) in [5.74, 6) is -3.19. The largest absolute Gasteiger partial charge is 0.508 e. The van der Waals surface area contributed by atoms with Crippen molar-refractivity contribution < 1.29 is 44.6 Å². The van der Waals surface area contributed by atoms with Crippen molar-refractivity contribution in [2.45, 2.75) is 27.2 Å². The fraction of sp³-hybridized carbons (Fsp3) is 0.121. The number of phenolic OH excluding ortho intramolecular Hbond substituents is 5. The van der Waals surface area contributed by atoms with Crippen LogP contribution in [0, 0.1) is 6.92 Å². The molecule has 9 nitrogen and oxygen atoms in total. The van der Waals surface area contributed by atoms with E-state index in [0.717, 1.165) is 11.1 Å². The molecule has 42 heavy (non-hydrogen) atoms. The van der Waals surface area contributed by atoms with Crippen LogP contribution in [0.5, 0.6) is 40.4 Å². The number of benzene rings is 4. The second kappa shape index (κ2) is 10.8. The molecule has 0 fully saturated rings. The molecule has 1 heterocycles. The van der Waals surface area contributed by atoms with Crippen LogP contribution >= 0.6 is 0 Å². The Balaban J connectivity index is 1.66. The lowest BCUT2D eigenvalue weighted by molar-refractivity contribution is 0.0732. The minimum atomic E-state index is -0.994. The van der Waals surface area contributed by atoms with Gasteiger partial charge in [0.25, 0.3) is 5.95 Å². The van der Waals surface area contributed by atoms with Gasteiger partial charge in [0.05, 0.1) is 5.56 Å². The van der Waals surface area contributed by atoms with E-state index < -0.39 is 17.7 Å². The lowest BCUT2D eigenvalue weighted by atomic mass is 9.94. The molecule has 0 spiro atoms. The quantitative estimate of drug-likeness (QED) is 0.0546. The zero-order valence-electron chi connectivity index (χ0n) is 23.0. The van der Waals surface area contributed by atoms with Crippen molar-refractivity contribution in [2.75, 3.05) is 0 Å². The van der Waals surface area contributed by atoms with Gasteiger partial charge in [0.1, 0.15) is 22.8 Å². The van der Waals surface area contributed by atoms with Gasteiger partial charge < -0.3 is 39.8 Å². The number of esters is 1. The molecule has 9 heteroatoms. The minimum absolute atomic E-state index is 0.0259. The average Bonchev–Trinajstić information content (AvgIpc) is 3.29. The number of hydrogen-bond acceptors (Lipinski definition) is 9. The van der Waals surface area contributed by atoms with Gasteiger partial charge >= 0.3 is 5.97 Å². The Morgan fingerprint density at radius 3 is 2.21 bits per heavy atom. The van der Waals surface area contributed by atoms with Crippen LogP contribution in [0.2, 0.25) is 0 Å². The van der Waals surface area contributed by atoms with Crippen molar-refractivity contribution in [1.82, 2.24) is 0 Å². The summed E-state index contributed by atoms with van der Waals surface area (Å²) in [5, 5.41) is 62.4. The number of rotatable bonds is 6. The number of ether oxygens (including phenoxy) is 1. The van der Waals surface area contributed by atoms with Crippen molar-refractivity contribution >= 4 is 16.9 Å². The van der Waals surface area contributed by atoms with E-state index in [1.54, 1.807) is 24.3 Å². The highest BCUT2D eigenvalue weighted by Crippen LogP contribution is 2.47. The van der Waals surface area contributed by atoms with Crippen molar-refractivity contribution in [3.05, 3.63) is 89.0 Å². The number of aryl methyl sites for hydroxylation is 1. The summed E-state index contributed by atoms with van der Waals surface area (Å²) in [6, 6.07) is 14.7. The first-order valence-electron chi connectivity index (χ1n) is 12.9. The molecule has 0 atom stereocenters. The monoisotopic (exact) mass is 568 g/mol. The normalized spacial score (nSPS) is 11.0. The second-order valence-electron chi connectivity index (χ2n) is 10.2. The molecular formula is C33H28O9. The third kappa shape index (κ3) is 5.27. The molecule has 6 N–H and O–H groups in total. The topological polar surface area (TPSA) is 161 Å². The summed E-state index contributed by atoms with van der Waals surface area (Å²) in [6.45, 7) is 5.54. The van der Waals surface area contributed by atoms with Gasteiger partial charge in [0.15, 0.2) is 22.8 Å². The van der Waals surface area contributed by atoms with E-state index in [4.69, 9.17) is 9.15 Å². The zero-order chi connectivity index (χ0) is 30.3. The highest BCUT2D eigenvalue weighted by Gasteiger charge is 2.26. The van der Waals surface area contributed by atoms with Gasteiger partial charge in [-0.2, -0.15) is 0 Å². The minimum Gasteiger partial charge on any atom is -0.508 e. The van der Waals surface area contributed by atoms with Crippen molar-refractivity contribution in [2.24, 2.45) is 0 Å². The van der Waals surface area contributed by atoms with Crippen LogP contribution in [-0.4, -0.2) is 36.6 Å². The van der Waals surface area contributed by atoms with E-state index in [-0.39, 0.29) is 62.8 Å². The number of phenols is 5. The van der Waals surface area contributed by atoms with Crippen molar-refractivity contribution in [1.29, 1.82) is 0 Å². The molecule has 0 saturated carbocycles. The zero-order valence-corrected chi connectivity index (χ0v) is 23.0. The maximum Gasteiger partial charge on any atom is 0.347 e. The molecular weight excluding hydrogens is 540 g/mol. The summed E-state index contributed by atoms with van der Waals surface area (Å²) in [4.78, 5) is 13.5. The van der Waals surface area contributed by atoms with E-state index in [1.807, 2.05) is 26.8 Å². The lowest BCUT2D eigenvalue weighted by Gasteiger charge is -2.16. The summed E-state index contributed by atoms with van der Waals surface area (Å²) in [7, 11) is 0. The van der Waals surface area contributed by atoms with Gasteiger partial charge in [-0.1, -0.05) is 29.8 Å². The van der Waals surface area contributed by atoms with Crippen LogP contribution in [0.15, 0.2) is 76.7 Å². The number of aromatic hydroxyl groups is 6. The Hall–Kier alpha value is -5.57. The van der Waals surface area contributed by atoms with Gasteiger partial charge in [-0.3, -0.25) is 0 Å². The molecule has 214 valence electrons. The first kappa shape index (κ1) is 28.0.